The summed E-state index contributed by atoms with van der Waals surface area (Å²) in [5, 5.41) is 5.31. The number of anilines is 2. The van der Waals surface area contributed by atoms with Crippen LogP contribution in [-0.2, 0) is 5.41 Å². The highest BCUT2D eigenvalue weighted by atomic mass is 15.1. The van der Waals surface area contributed by atoms with Crippen molar-refractivity contribution in [2.24, 2.45) is 0 Å². The van der Waals surface area contributed by atoms with E-state index in [4.69, 9.17) is 0 Å². The van der Waals surface area contributed by atoms with Gasteiger partial charge < -0.3 is 4.90 Å². The number of hydrogen-bond acceptors (Lipinski definition) is 1. The van der Waals surface area contributed by atoms with E-state index in [1.807, 2.05) is 0 Å². The number of hydrogen-bond donors (Lipinski definition) is 0. The van der Waals surface area contributed by atoms with Crippen molar-refractivity contribution in [2.45, 2.75) is 46.5 Å². The lowest BCUT2D eigenvalue weighted by molar-refractivity contribution is 0.590. The maximum Gasteiger partial charge on any atom is 0.0455 e. The normalized spacial score (nSPS) is 14.0. The zero-order valence-corrected chi connectivity index (χ0v) is 22.0. The molecule has 36 heavy (non-hydrogen) atoms. The number of benzene rings is 4. The number of para-hydroxylation sites is 1. The summed E-state index contributed by atoms with van der Waals surface area (Å²) in [7, 11) is 0. The maximum atomic E-state index is 2.35. The summed E-state index contributed by atoms with van der Waals surface area (Å²) in [6.45, 7) is 11.2. The van der Waals surface area contributed by atoms with Crippen LogP contribution in [0.1, 0.15) is 50.8 Å². The Morgan fingerprint density at radius 2 is 1.47 bits per heavy atom. The monoisotopic (exact) mass is 469 g/mol. The Balaban J connectivity index is 1.61. The van der Waals surface area contributed by atoms with Crippen LogP contribution in [0.5, 0.6) is 0 Å². The van der Waals surface area contributed by atoms with Crippen molar-refractivity contribution >= 4 is 39.9 Å². The van der Waals surface area contributed by atoms with Gasteiger partial charge in [0.05, 0.1) is 0 Å². The molecule has 0 spiro atoms. The van der Waals surface area contributed by atoms with E-state index in [1.165, 1.54) is 43.5 Å². The molecule has 0 saturated carbocycles. The molecule has 5 rings (SSSR count). The van der Waals surface area contributed by atoms with Crippen molar-refractivity contribution < 1.29 is 0 Å². The first kappa shape index (κ1) is 23.9. The van der Waals surface area contributed by atoms with Crippen molar-refractivity contribution in [2.75, 3.05) is 4.90 Å². The molecule has 1 nitrogen and oxygen atoms in total. The van der Waals surface area contributed by atoms with Crippen molar-refractivity contribution in [1.82, 2.24) is 0 Å². The summed E-state index contributed by atoms with van der Waals surface area (Å²) in [6.07, 6.45) is 12.3. The number of rotatable bonds is 4. The minimum Gasteiger partial charge on any atom is -0.317 e. The molecule has 0 unspecified atom stereocenters. The maximum absolute atomic E-state index is 2.35. The van der Waals surface area contributed by atoms with E-state index in [0.717, 1.165) is 17.8 Å². The van der Waals surface area contributed by atoms with Crippen LogP contribution in [0.15, 0.2) is 97.2 Å². The van der Waals surface area contributed by atoms with Crippen LogP contribution in [0.2, 0.25) is 0 Å². The first-order valence-electron chi connectivity index (χ1n) is 12.9. The van der Waals surface area contributed by atoms with Gasteiger partial charge in [-0.15, -0.1) is 0 Å². The molecular weight excluding hydrogens is 434 g/mol. The first-order chi connectivity index (χ1) is 17.3. The predicted molar refractivity (Wildman–Crippen MR) is 158 cm³/mol. The van der Waals surface area contributed by atoms with E-state index in [-0.39, 0.29) is 5.41 Å². The fourth-order valence-electron chi connectivity index (χ4n) is 5.10. The fourth-order valence-corrected chi connectivity index (χ4v) is 5.10. The van der Waals surface area contributed by atoms with Crippen LogP contribution in [-0.4, -0.2) is 0 Å². The Labute approximate surface area is 215 Å². The van der Waals surface area contributed by atoms with Gasteiger partial charge in [-0.3, -0.25) is 0 Å². The molecule has 0 N–H and O–H groups in total. The van der Waals surface area contributed by atoms with Crippen LogP contribution in [0.3, 0.4) is 0 Å². The molecular formula is C35H35N. The van der Waals surface area contributed by atoms with E-state index >= 15 is 0 Å². The highest BCUT2D eigenvalue weighted by Gasteiger charge is 2.14. The molecule has 4 aromatic carbocycles. The summed E-state index contributed by atoms with van der Waals surface area (Å²) in [5.41, 5.74) is 7.80. The molecule has 0 amide bonds. The van der Waals surface area contributed by atoms with Gasteiger partial charge in [-0.05, 0) is 99.5 Å². The predicted octanol–water partition coefficient (Wildman–Crippen LogP) is 8.17. The van der Waals surface area contributed by atoms with Gasteiger partial charge >= 0.3 is 0 Å². The molecule has 0 bridgehead atoms. The second-order valence-electron chi connectivity index (χ2n) is 10.8. The van der Waals surface area contributed by atoms with Crippen LogP contribution in [0.4, 0.5) is 11.4 Å². The molecule has 0 radical (unpaired) electrons. The summed E-state index contributed by atoms with van der Waals surface area (Å²) < 4.78 is 0. The molecule has 180 valence electrons. The Hall–Kier alpha value is -3.84. The Morgan fingerprint density at radius 1 is 0.750 bits per heavy atom. The SMILES string of the molecule is CC1=CCC=c2ccc(C)c3cc/c(=C/C=C/N(c4ccccc4)c4ccc(C(C)(C)C)cc4)c1c23. The number of aryl methyl sites for hydroxylation is 1. The van der Waals surface area contributed by atoms with Crippen molar-refractivity contribution in [3.63, 3.8) is 0 Å². The largest absolute Gasteiger partial charge is 0.317 e. The van der Waals surface area contributed by atoms with Crippen molar-refractivity contribution in [3.05, 3.63) is 124 Å². The second kappa shape index (κ2) is 9.66. The minimum absolute atomic E-state index is 0.135. The van der Waals surface area contributed by atoms with Gasteiger partial charge in [0.2, 0.25) is 0 Å². The Morgan fingerprint density at radius 3 is 2.19 bits per heavy atom. The van der Waals surface area contributed by atoms with Gasteiger partial charge in [-0.2, -0.15) is 0 Å². The second-order valence-corrected chi connectivity index (χ2v) is 10.8. The molecule has 0 heterocycles. The lowest BCUT2D eigenvalue weighted by Gasteiger charge is -2.23. The summed E-state index contributed by atoms with van der Waals surface area (Å²) in [5.74, 6) is 0. The van der Waals surface area contributed by atoms with E-state index in [1.54, 1.807) is 0 Å². The zero-order valence-electron chi connectivity index (χ0n) is 22.0. The van der Waals surface area contributed by atoms with Crippen LogP contribution < -0.4 is 15.3 Å². The molecule has 1 aliphatic rings. The topological polar surface area (TPSA) is 3.24 Å². The molecule has 0 atom stereocenters. The Kier molecular flexibility index (Phi) is 6.41. The van der Waals surface area contributed by atoms with Gasteiger partial charge in [0.1, 0.15) is 0 Å². The van der Waals surface area contributed by atoms with E-state index in [9.17, 15) is 0 Å². The molecule has 0 aliphatic heterocycles. The van der Waals surface area contributed by atoms with E-state index < -0.39 is 0 Å². The third-order valence-electron chi connectivity index (χ3n) is 7.18. The zero-order chi connectivity index (χ0) is 25.3. The summed E-state index contributed by atoms with van der Waals surface area (Å²) in [4.78, 5) is 2.26. The fraction of sp³-hybridized carbons (Fsp3) is 0.200. The van der Waals surface area contributed by atoms with Crippen LogP contribution >= 0.6 is 0 Å². The average molecular weight is 470 g/mol. The molecule has 0 aromatic heterocycles. The van der Waals surface area contributed by atoms with Gasteiger partial charge in [-0.1, -0.05) is 93.6 Å². The highest BCUT2D eigenvalue weighted by molar-refractivity contribution is 5.97. The average Bonchev–Trinajstić information content (AvgIpc) is 3.04. The summed E-state index contributed by atoms with van der Waals surface area (Å²) >= 11 is 0. The van der Waals surface area contributed by atoms with Crippen molar-refractivity contribution in [1.29, 1.82) is 0 Å². The van der Waals surface area contributed by atoms with E-state index in [0.29, 0.717) is 0 Å². The van der Waals surface area contributed by atoms with Crippen LogP contribution in [0, 0.1) is 6.92 Å². The first-order valence-corrected chi connectivity index (χ1v) is 12.9. The van der Waals surface area contributed by atoms with E-state index in [2.05, 4.69) is 149 Å². The molecule has 0 fully saturated rings. The number of nitrogens with zero attached hydrogens (tertiary/aromatic N) is 1. The van der Waals surface area contributed by atoms with Gasteiger partial charge in [0, 0.05) is 17.6 Å². The van der Waals surface area contributed by atoms with Gasteiger partial charge in [-0.25, -0.2) is 0 Å². The van der Waals surface area contributed by atoms with Gasteiger partial charge in [0.25, 0.3) is 0 Å². The number of allylic oxidation sites excluding steroid dienone is 3. The third-order valence-corrected chi connectivity index (χ3v) is 7.18. The van der Waals surface area contributed by atoms with Crippen LogP contribution in [0.25, 0.3) is 28.5 Å². The summed E-state index contributed by atoms with van der Waals surface area (Å²) in [6, 6.07) is 28.6. The van der Waals surface area contributed by atoms with Crippen molar-refractivity contribution in [3.8, 4) is 0 Å². The quantitative estimate of drug-likeness (QED) is 0.291. The molecule has 1 aliphatic carbocycles. The molecule has 0 saturated heterocycles. The minimum atomic E-state index is 0.135. The van der Waals surface area contributed by atoms with Gasteiger partial charge in [0.15, 0.2) is 0 Å². The molecule has 1 heteroatoms. The highest BCUT2D eigenvalue weighted by Crippen LogP contribution is 2.29. The Bertz CT molecular complexity index is 1580. The lowest BCUT2D eigenvalue weighted by atomic mass is 9.87. The standard InChI is InChI=1S/C35H35N/c1-25-16-17-28-12-9-11-26(2)33-27(18-23-32(25)34(28)33)13-10-24-36(30-14-7-6-8-15-30)31-21-19-29(20-22-31)35(3,4)5/h6-8,10-24H,9H2,1-5H3/b24-10+,27-13-. The third kappa shape index (κ3) is 4.66. The lowest BCUT2D eigenvalue weighted by Crippen LogP contribution is -2.14. The smallest absolute Gasteiger partial charge is 0.0455 e. The molecule has 4 aromatic rings.